The molecular formula is C13H13NO3. The van der Waals surface area contributed by atoms with E-state index >= 15 is 0 Å². The molecule has 2 amide bonds. The van der Waals surface area contributed by atoms with Crippen LogP contribution in [0.25, 0.3) is 6.08 Å². The second-order valence-electron chi connectivity index (χ2n) is 3.90. The number of ether oxygens (including phenoxy) is 1. The number of amides is 2. The minimum absolute atomic E-state index is 0.165. The van der Waals surface area contributed by atoms with Gasteiger partial charge >= 0.3 is 0 Å². The van der Waals surface area contributed by atoms with Crippen molar-refractivity contribution in [3.05, 3.63) is 41.0 Å². The summed E-state index contributed by atoms with van der Waals surface area (Å²) < 4.78 is 5.01. The lowest BCUT2D eigenvalue weighted by atomic mass is 10.1. The summed E-state index contributed by atoms with van der Waals surface area (Å²) in [5.41, 5.74) is 2.49. The number of hydrogen-bond acceptors (Lipinski definition) is 3. The van der Waals surface area contributed by atoms with Gasteiger partial charge in [0, 0.05) is 12.7 Å². The first-order valence-electron chi connectivity index (χ1n) is 5.31. The van der Waals surface area contributed by atoms with E-state index in [2.05, 4.69) is 5.32 Å². The minimum Gasteiger partial charge on any atom is -0.380 e. The molecule has 0 saturated carbocycles. The molecule has 0 atom stereocenters. The van der Waals surface area contributed by atoms with Crippen molar-refractivity contribution in [2.75, 3.05) is 7.11 Å². The monoisotopic (exact) mass is 231 g/mol. The Bertz CT molecular complexity index is 474. The Hall–Kier alpha value is -1.94. The Morgan fingerprint density at radius 2 is 2.00 bits per heavy atom. The van der Waals surface area contributed by atoms with Gasteiger partial charge in [0.1, 0.15) is 0 Å². The number of carbonyl (C=O) groups is 2. The smallest absolute Gasteiger partial charge is 0.254 e. The largest absolute Gasteiger partial charge is 0.380 e. The highest BCUT2D eigenvalue weighted by atomic mass is 16.5. The zero-order valence-corrected chi connectivity index (χ0v) is 9.53. The van der Waals surface area contributed by atoms with E-state index in [1.165, 1.54) is 0 Å². The lowest BCUT2D eigenvalue weighted by molar-refractivity contribution is -0.124. The number of rotatable bonds is 3. The normalized spacial score (nSPS) is 17.6. The molecule has 0 bridgehead atoms. The Balaban J connectivity index is 2.16. The molecule has 1 aromatic carbocycles. The van der Waals surface area contributed by atoms with E-state index in [0.29, 0.717) is 12.2 Å². The van der Waals surface area contributed by atoms with Crippen molar-refractivity contribution in [2.45, 2.75) is 13.0 Å². The van der Waals surface area contributed by atoms with Crippen molar-refractivity contribution in [1.29, 1.82) is 0 Å². The van der Waals surface area contributed by atoms with E-state index in [1.54, 1.807) is 13.2 Å². The second kappa shape index (κ2) is 4.93. The molecule has 1 aliphatic heterocycles. The molecule has 1 fully saturated rings. The van der Waals surface area contributed by atoms with Gasteiger partial charge in [0.05, 0.1) is 13.0 Å². The van der Waals surface area contributed by atoms with Gasteiger partial charge < -0.3 is 4.74 Å². The highest BCUT2D eigenvalue weighted by Crippen LogP contribution is 2.15. The molecule has 1 N–H and O–H groups in total. The first-order chi connectivity index (χ1) is 8.19. The van der Waals surface area contributed by atoms with Crippen LogP contribution in [-0.2, 0) is 20.9 Å². The van der Waals surface area contributed by atoms with Gasteiger partial charge in [-0.05, 0) is 17.2 Å². The predicted molar refractivity (Wildman–Crippen MR) is 62.9 cm³/mol. The average Bonchev–Trinajstić information content (AvgIpc) is 2.61. The molecule has 0 aliphatic carbocycles. The van der Waals surface area contributed by atoms with Crippen LogP contribution in [0.5, 0.6) is 0 Å². The fourth-order valence-electron chi connectivity index (χ4n) is 1.70. The zero-order chi connectivity index (χ0) is 12.3. The average molecular weight is 231 g/mol. The van der Waals surface area contributed by atoms with Crippen LogP contribution in [0.4, 0.5) is 0 Å². The quantitative estimate of drug-likeness (QED) is 0.629. The van der Waals surface area contributed by atoms with Gasteiger partial charge in [0.15, 0.2) is 0 Å². The van der Waals surface area contributed by atoms with E-state index in [1.807, 2.05) is 24.3 Å². The molecule has 1 aliphatic rings. The number of benzene rings is 1. The third-order valence-electron chi connectivity index (χ3n) is 2.53. The van der Waals surface area contributed by atoms with Crippen LogP contribution < -0.4 is 5.32 Å². The summed E-state index contributed by atoms with van der Waals surface area (Å²) in [5, 5.41) is 2.25. The van der Waals surface area contributed by atoms with Gasteiger partial charge in [0.25, 0.3) is 5.91 Å². The van der Waals surface area contributed by atoms with Crippen LogP contribution in [0, 0.1) is 0 Å². The van der Waals surface area contributed by atoms with E-state index in [0.717, 1.165) is 11.1 Å². The lowest BCUT2D eigenvalue weighted by Gasteiger charge is -2.00. The first kappa shape index (κ1) is 11.5. The molecule has 2 rings (SSSR count). The molecule has 4 nitrogen and oxygen atoms in total. The molecule has 1 heterocycles. The number of hydrogen-bond donors (Lipinski definition) is 1. The Labute approximate surface area is 99.3 Å². The third-order valence-corrected chi connectivity index (χ3v) is 2.53. The number of carbonyl (C=O) groups excluding carboxylic acids is 2. The maximum Gasteiger partial charge on any atom is 0.254 e. The molecule has 1 saturated heterocycles. The molecule has 0 aromatic heterocycles. The van der Waals surface area contributed by atoms with E-state index in [4.69, 9.17) is 4.74 Å². The van der Waals surface area contributed by atoms with Crippen molar-refractivity contribution in [2.24, 2.45) is 0 Å². The predicted octanol–water partition coefficient (Wildman–Crippen LogP) is 1.26. The molecule has 4 heteroatoms. The molecule has 1 aromatic rings. The van der Waals surface area contributed by atoms with Crippen LogP contribution in [0.15, 0.2) is 29.8 Å². The fourth-order valence-corrected chi connectivity index (χ4v) is 1.70. The standard InChI is InChI=1S/C13H13NO3/c1-17-8-10-4-2-9(3-5-10)6-11-7-12(15)14-13(11)16/h2-6H,7-8H2,1H3,(H,14,15,16). The maximum atomic E-state index is 11.3. The second-order valence-corrected chi connectivity index (χ2v) is 3.90. The van der Waals surface area contributed by atoms with Crippen molar-refractivity contribution >= 4 is 17.9 Å². The molecule has 88 valence electrons. The maximum absolute atomic E-state index is 11.3. The Kier molecular flexibility index (Phi) is 3.35. The van der Waals surface area contributed by atoms with Crippen molar-refractivity contribution < 1.29 is 14.3 Å². The molecule has 0 spiro atoms. The molecular weight excluding hydrogens is 218 g/mol. The van der Waals surface area contributed by atoms with Crippen LogP contribution >= 0.6 is 0 Å². The summed E-state index contributed by atoms with van der Waals surface area (Å²) in [5.74, 6) is -0.534. The van der Waals surface area contributed by atoms with Gasteiger partial charge in [-0.2, -0.15) is 0 Å². The molecule has 17 heavy (non-hydrogen) atoms. The molecule has 0 radical (unpaired) electrons. The summed E-state index contributed by atoms with van der Waals surface area (Å²) in [4.78, 5) is 22.3. The molecule has 0 unspecified atom stereocenters. The summed E-state index contributed by atoms with van der Waals surface area (Å²) in [7, 11) is 1.64. The van der Waals surface area contributed by atoms with Crippen molar-refractivity contribution in [1.82, 2.24) is 5.32 Å². The van der Waals surface area contributed by atoms with Crippen LogP contribution in [-0.4, -0.2) is 18.9 Å². The Morgan fingerprint density at radius 1 is 1.29 bits per heavy atom. The van der Waals surface area contributed by atoms with Crippen molar-refractivity contribution in [3.8, 4) is 0 Å². The van der Waals surface area contributed by atoms with Gasteiger partial charge in [-0.3, -0.25) is 14.9 Å². The van der Waals surface area contributed by atoms with Gasteiger partial charge in [-0.25, -0.2) is 0 Å². The first-order valence-corrected chi connectivity index (χ1v) is 5.31. The highest BCUT2D eigenvalue weighted by Gasteiger charge is 2.23. The van der Waals surface area contributed by atoms with E-state index in [9.17, 15) is 9.59 Å². The summed E-state index contributed by atoms with van der Waals surface area (Å²) >= 11 is 0. The number of methoxy groups -OCH3 is 1. The number of imide groups is 1. The highest BCUT2D eigenvalue weighted by molar-refractivity contribution is 6.15. The van der Waals surface area contributed by atoms with Gasteiger partial charge in [-0.1, -0.05) is 24.3 Å². The SMILES string of the molecule is COCc1ccc(C=C2CC(=O)NC2=O)cc1. The van der Waals surface area contributed by atoms with E-state index < -0.39 is 0 Å². The zero-order valence-electron chi connectivity index (χ0n) is 9.53. The van der Waals surface area contributed by atoms with Crippen LogP contribution in [0.2, 0.25) is 0 Å². The summed E-state index contributed by atoms with van der Waals surface area (Å²) in [6, 6.07) is 7.67. The summed E-state index contributed by atoms with van der Waals surface area (Å²) in [6.45, 7) is 0.565. The Morgan fingerprint density at radius 3 is 2.53 bits per heavy atom. The topological polar surface area (TPSA) is 55.4 Å². The van der Waals surface area contributed by atoms with Crippen molar-refractivity contribution in [3.63, 3.8) is 0 Å². The number of nitrogens with one attached hydrogen (secondary N) is 1. The van der Waals surface area contributed by atoms with Gasteiger partial charge in [-0.15, -0.1) is 0 Å². The van der Waals surface area contributed by atoms with E-state index in [-0.39, 0.29) is 18.2 Å². The fraction of sp³-hybridized carbons (Fsp3) is 0.231. The van der Waals surface area contributed by atoms with Gasteiger partial charge in [0.2, 0.25) is 5.91 Å². The van der Waals surface area contributed by atoms with Crippen LogP contribution in [0.1, 0.15) is 17.5 Å². The third kappa shape index (κ3) is 2.79. The summed E-state index contributed by atoms with van der Waals surface area (Å²) in [6.07, 6.45) is 1.90. The lowest BCUT2D eigenvalue weighted by Crippen LogP contribution is -2.19. The van der Waals surface area contributed by atoms with Crippen LogP contribution in [0.3, 0.4) is 0 Å². The minimum atomic E-state index is -0.295.